The summed E-state index contributed by atoms with van der Waals surface area (Å²) in [5, 5.41) is 60.1. The van der Waals surface area contributed by atoms with Crippen LogP contribution in [-0.2, 0) is 28.8 Å². The van der Waals surface area contributed by atoms with E-state index in [1.54, 1.807) is 0 Å². The van der Waals surface area contributed by atoms with Crippen LogP contribution in [0.1, 0.15) is 350 Å². The molecule has 0 aliphatic carbocycles. The standard InChI is InChI=1S/6C10H20O2.6Na/c6*1-2-3-4-5-6-7-8-9-10(11)12;;;;;;/h6*2-9H2,1H3,(H,11,12);;;;;;/q;;;;;;6*+1/p-6. The molecule has 12 nitrogen and oxygen atoms in total. The molecular weight excluding hydrogens is 1050 g/mol. The van der Waals surface area contributed by atoms with E-state index in [4.69, 9.17) is 0 Å². The summed E-state index contributed by atoms with van der Waals surface area (Å²) in [5.41, 5.74) is 0. The van der Waals surface area contributed by atoms with Gasteiger partial charge in [-0.15, -0.1) is 0 Å². The molecule has 78 heavy (non-hydrogen) atoms. The van der Waals surface area contributed by atoms with Crippen LogP contribution in [0.4, 0.5) is 0 Å². The number of hydrogen-bond acceptors (Lipinski definition) is 12. The molecule has 0 radical (unpaired) electrons. The Balaban J connectivity index is -0.0000000660. The van der Waals surface area contributed by atoms with Crippen LogP contribution in [0.25, 0.3) is 0 Å². The number of unbranched alkanes of at least 4 members (excludes halogenated alkanes) is 36. The molecule has 0 aromatic rings. The van der Waals surface area contributed by atoms with Crippen molar-refractivity contribution in [2.75, 3.05) is 0 Å². The maximum Gasteiger partial charge on any atom is 1.00 e. The second-order valence-electron chi connectivity index (χ2n) is 19.5. The molecular formula is C60H114Na6O12. The van der Waals surface area contributed by atoms with Gasteiger partial charge in [-0.2, -0.15) is 0 Å². The smallest absolute Gasteiger partial charge is 0.550 e. The minimum absolute atomic E-state index is 0. The van der Waals surface area contributed by atoms with Gasteiger partial charge in [0.05, 0.1) is 0 Å². The average molecular weight is 1170 g/mol. The zero-order chi connectivity index (χ0) is 55.4. The Morgan fingerprint density at radius 2 is 0.244 bits per heavy atom. The van der Waals surface area contributed by atoms with Gasteiger partial charge in [-0.1, -0.05) is 273 Å². The van der Waals surface area contributed by atoms with Gasteiger partial charge in [0.1, 0.15) is 0 Å². The van der Waals surface area contributed by atoms with Crippen molar-refractivity contribution < 1.29 is 237 Å². The molecule has 0 aromatic heterocycles. The van der Waals surface area contributed by atoms with Gasteiger partial charge in [-0.3, -0.25) is 0 Å². The number of carbonyl (C=O) groups excluding carboxylic acids is 6. The first kappa shape index (κ1) is 109. The van der Waals surface area contributed by atoms with Gasteiger partial charge in [0.25, 0.3) is 0 Å². The molecule has 0 amide bonds. The zero-order valence-electron chi connectivity index (χ0n) is 53.8. The van der Waals surface area contributed by atoms with Crippen LogP contribution in [0, 0.1) is 0 Å². The molecule has 0 aliphatic rings. The molecule has 0 N–H and O–H groups in total. The molecule has 0 heterocycles. The van der Waals surface area contributed by atoms with Gasteiger partial charge in [-0.05, 0) is 77.0 Å². The van der Waals surface area contributed by atoms with Crippen LogP contribution in [0.3, 0.4) is 0 Å². The van der Waals surface area contributed by atoms with Crippen molar-refractivity contribution in [2.45, 2.75) is 350 Å². The van der Waals surface area contributed by atoms with Crippen LogP contribution in [0.5, 0.6) is 0 Å². The van der Waals surface area contributed by atoms with Crippen molar-refractivity contribution in [1.29, 1.82) is 0 Å². The van der Waals surface area contributed by atoms with Crippen LogP contribution in [0.2, 0.25) is 0 Å². The van der Waals surface area contributed by atoms with Crippen molar-refractivity contribution in [3.05, 3.63) is 0 Å². The van der Waals surface area contributed by atoms with E-state index >= 15 is 0 Å². The molecule has 0 spiro atoms. The van der Waals surface area contributed by atoms with Crippen molar-refractivity contribution in [1.82, 2.24) is 0 Å². The summed E-state index contributed by atoms with van der Waals surface area (Å²) in [6.45, 7) is 13.1. The Morgan fingerprint density at radius 3 is 0.321 bits per heavy atom. The molecule has 0 aliphatic heterocycles. The zero-order valence-corrected chi connectivity index (χ0v) is 65.8. The Labute approximate surface area is 614 Å². The fourth-order valence-corrected chi connectivity index (χ4v) is 7.36. The van der Waals surface area contributed by atoms with Crippen molar-refractivity contribution in [2.24, 2.45) is 0 Å². The first-order valence-corrected chi connectivity index (χ1v) is 29.8. The second-order valence-corrected chi connectivity index (χ2v) is 19.5. The summed E-state index contributed by atoms with van der Waals surface area (Å²) in [6.07, 6.45) is 50.1. The summed E-state index contributed by atoms with van der Waals surface area (Å²) in [4.78, 5) is 60.1. The van der Waals surface area contributed by atoms with E-state index in [9.17, 15) is 59.4 Å². The van der Waals surface area contributed by atoms with E-state index in [1.165, 1.54) is 193 Å². The molecule has 0 bridgehead atoms. The number of rotatable bonds is 48. The second kappa shape index (κ2) is 105. The molecule has 0 aromatic carbocycles. The van der Waals surface area contributed by atoms with E-state index in [0.29, 0.717) is 0 Å². The fraction of sp³-hybridized carbons (Fsp3) is 0.900. The molecule has 432 valence electrons. The molecule has 0 unspecified atom stereocenters. The molecule has 0 saturated heterocycles. The van der Waals surface area contributed by atoms with Crippen molar-refractivity contribution >= 4 is 35.8 Å². The van der Waals surface area contributed by atoms with Crippen LogP contribution >= 0.6 is 0 Å². The Bertz CT molecular complexity index is 910. The number of carboxylic acid groups (broad SMARTS) is 6. The Hall–Kier alpha value is 2.82. The van der Waals surface area contributed by atoms with E-state index in [1.807, 2.05) is 0 Å². The average Bonchev–Trinajstić information content (AvgIpc) is 3.33. The van der Waals surface area contributed by atoms with Gasteiger partial charge in [0, 0.05) is 35.8 Å². The Morgan fingerprint density at radius 1 is 0.167 bits per heavy atom. The fourth-order valence-electron chi connectivity index (χ4n) is 7.36. The van der Waals surface area contributed by atoms with Gasteiger partial charge in [0.2, 0.25) is 0 Å². The third kappa shape index (κ3) is 148. The normalized spacial score (nSPS) is 9.31. The third-order valence-corrected chi connectivity index (χ3v) is 11.9. The number of aliphatic carboxylic acids is 6. The summed E-state index contributed by atoms with van der Waals surface area (Å²) in [7, 11) is 0. The van der Waals surface area contributed by atoms with Crippen LogP contribution < -0.4 is 208 Å². The first-order valence-electron chi connectivity index (χ1n) is 29.8. The quantitative estimate of drug-likeness (QED) is 0.0409. The minimum atomic E-state index is -0.913. The summed E-state index contributed by atoms with van der Waals surface area (Å²) in [6, 6.07) is 0. The van der Waals surface area contributed by atoms with E-state index in [-0.39, 0.29) is 216 Å². The molecule has 18 heteroatoms. The SMILES string of the molecule is CCCCCCCCCC(=O)[O-].CCCCCCCCCC(=O)[O-].CCCCCCCCCC(=O)[O-].CCCCCCCCCC(=O)[O-].CCCCCCCCCC(=O)[O-].CCCCCCCCCC(=O)[O-].[Na+].[Na+].[Na+].[Na+].[Na+].[Na+]. The number of carbonyl (C=O) groups is 6. The van der Waals surface area contributed by atoms with Crippen LogP contribution in [-0.4, -0.2) is 35.8 Å². The van der Waals surface area contributed by atoms with E-state index < -0.39 is 35.8 Å². The summed E-state index contributed by atoms with van der Waals surface area (Å²) in [5.74, 6) is -5.48. The maximum absolute atomic E-state index is 10.0. The molecule has 0 rings (SSSR count). The third-order valence-electron chi connectivity index (χ3n) is 11.9. The first-order chi connectivity index (χ1) is 34.6. The summed E-state index contributed by atoms with van der Waals surface area (Å²) < 4.78 is 0. The maximum atomic E-state index is 10.0. The number of carboxylic acids is 6. The van der Waals surface area contributed by atoms with E-state index in [0.717, 1.165) is 77.0 Å². The minimum Gasteiger partial charge on any atom is -0.550 e. The predicted octanol–water partition coefficient (Wildman–Crippen LogP) is -6.71. The summed E-state index contributed by atoms with van der Waals surface area (Å²) >= 11 is 0. The van der Waals surface area contributed by atoms with Gasteiger partial charge >= 0.3 is 177 Å². The molecule has 0 saturated carbocycles. The monoisotopic (exact) mass is 1160 g/mol. The predicted molar refractivity (Wildman–Crippen MR) is 286 cm³/mol. The van der Waals surface area contributed by atoms with Gasteiger partial charge in [0.15, 0.2) is 0 Å². The largest absolute Gasteiger partial charge is 1.00 e. The Kier molecular flexibility index (Phi) is 146. The van der Waals surface area contributed by atoms with Crippen LogP contribution in [0.15, 0.2) is 0 Å². The van der Waals surface area contributed by atoms with Crippen molar-refractivity contribution in [3.8, 4) is 0 Å². The molecule has 0 atom stereocenters. The van der Waals surface area contributed by atoms with Gasteiger partial charge in [-0.25, -0.2) is 0 Å². The van der Waals surface area contributed by atoms with Gasteiger partial charge < -0.3 is 59.4 Å². The topological polar surface area (TPSA) is 241 Å². The van der Waals surface area contributed by atoms with Crippen molar-refractivity contribution in [3.63, 3.8) is 0 Å². The number of hydrogen-bond donors (Lipinski definition) is 0. The van der Waals surface area contributed by atoms with E-state index in [2.05, 4.69) is 41.5 Å². The molecule has 0 fully saturated rings.